The lowest BCUT2D eigenvalue weighted by Crippen LogP contribution is -2.30. The van der Waals surface area contributed by atoms with Gasteiger partial charge in [0, 0.05) is 6.54 Å². The van der Waals surface area contributed by atoms with Crippen molar-refractivity contribution in [2.24, 2.45) is 5.73 Å². The number of nitrogens with zero attached hydrogens (tertiary/aromatic N) is 2. The Balaban J connectivity index is 2.36. The molecular weight excluding hydrogens is 390 g/mol. The molecule has 1 heterocycles. The molecule has 166 valence electrons. The van der Waals surface area contributed by atoms with E-state index in [1.165, 1.54) is 19.3 Å². The highest BCUT2D eigenvalue weighted by atomic mass is 32.1. The molecule has 9 heteroatoms. The van der Waals surface area contributed by atoms with Crippen LogP contribution in [-0.4, -0.2) is 55.0 Å². The van der Waals surface area contributed by atoms with E-state index in [-0.39, 0.29) is 17.5 Å². The van der Waals surface area contributed by atoms with E-state index < -0.39 is 5.91 Å². The molecule has 0 aliphatic heterocycles. The first-order chi connectivity index (χ1) is 14.0. The van der Waals surface area contributed by atoms with Gasteiger partial charge in [0.05, 0.1) is 6.61 Å². The number of carbonyl (C=O) groups excluding carboxylic acids is 2. The first kappa shape index (κ1) is 25.2. The Morgan fingerprint density at radius 1 is 1.07 bits per heavy atom. The zero-order valence-electron chi connectivity index (χ0n) is 18.1. The molecule has 0 aliphatic carbocycles. The highest BCUT2D eigenvalue weighted by Gasteiger charge is 2.21. The quantitative estimate of drug-likeness (QED) is 0.347. The van der Waals surface area contributed by atoms with Crippen LogP contribution in [0.3, 0.4) is 0 Å². The van der Waals surface area contributed by atoms with Crippen LogP contribution >= 0.6 is 11.5 Å². The molecule has 0 spiro atoms. The molecule has 29 heavy (non-hydrogen) atoms. The average molecular weight is 428 g/mol. The van der Waals surface area contributed by atoms with Gasteiger partial charge in [0.15, 0.2) is 0 Å². The summed E-state index contributed by atoms with van der Waals surface area (Å²) in [6.45, 7) is 4.31. The predicted molar refractivity (Wildman–Crippen MR) is 119 cm³/mol. The van der Waals surface area contributed by atoms with Gasteiger partial charge >= 0.3 is 6.03 Å². The van der Waals surface area contributed by atoms with Gasteiger partial charge < -0.3 is 20.7 Å². The summed E-state index contributed by atoms with van der Waals surface area (Å²) >= 11 is 1.01. The molecule has 0 atom stereocenters. The molecule has 0 aliphatic rings. The normalized spacial score (nSPS) is 10.9. The van der Waals surface area contributed by atoms with Crippen molar-refractivity contribution in [3.63, 3.8) is 0 Å². The van der Waals surface area contributed by atoms with Gasteiger partial charge in [-0.3, -0.25) is 10.1 Å². The van der Waals surface area contributed by atoms with E-state index in [4.69, 9.17) is 10.5 Å². The highest BCUT2D eigenvalue weighted by molar-refractivity contribution is 7.11. The van der Waals surface area contributed by atoms with Crippen LogP contribution in [0.25, 0.3) is 0 Å². The van der Waals surface area contributed by atoms with Crippen molar-refractivity contribution in [1.82, 2.24) is 14.6 Å². The van der Waals surface area contributed by atoms with Crippen molar-refractivity contribution in [3.05, 3.63) is 5.56 Å². The average Bonchev–Trinajstić information content (AvgIpc) is 3.06. The van der Waals surface area contributed by atoms with Gasteiger partial charge in [0.1, 0.15) is 10.6 Å². The minimum Gasteiger partial charge on any atom is -0.476 e. The second-order valence-electron chi connectivity index (χ2n) is 7.42. The number of amides is 3. The number of aromatic nitrogens is 1. The Hall–Kier alpha value is -1.87. The Morgan fingerprint density at radius 2 is 1.76 bits per heavy atom. The lowest BCUT2D eigenvalue weighted by molar-refractivity contribution is 0.0997. The first-order valence-electron chi connectivity index (χ1n) is 10.6. The molecule has 4 N–H and O–H groups in total. The van der Waals surface area contributed by atoms with Crippen molar-refractivity contribution < 1.29 is 14.3 Å². The summed E-state index contributed by atoms with van der Waals surface area (Å²) in [5.41, 5.74) is 5.61. The van der Waals surface area contributed by atoms with Crippen LogP contribution in [0.4, 0.5) is 9.80 Å². The van der Waals surface area contributed by atoms with Crippen LogP contribution in [-0.2, 0) is 0 Å². The molecular formula is C20H37N5O3S. The Labute approximate surface area is 178 Å². The molecule has 3 amide bonds. The maximum atomic E-state index is 12.1. The van der Waals surface area contributed by atoms with Gasteiger partial charge in [-0.2, -0.15) is 4.37 Å². The van der Waals surface area contributed by atoms with Crippen molar-refractivity contribution in [1.29, 1.82) is 0 Å². The van der Waals surface area contributed by atoms with Gasteiger partial charge in [-0.15, -0.1) is 0 Å². The van der Waals surface area contributed by atoms with Gasteiger partial charge in [-0.05, 0) is 51.4 Å². The molecule has 1 rings (SSSR count). The topological polar surface area (TPSA) is 110 Å². The van der Waals surface area contributed by atoms with Crippen molar-refractivity contribution in [2.75, 3.05) is 39.1 Å². The molecule has 0 fully saturated rings. The fourth-order valence-corrected chi connectivity index (χ4v) is 3.54. The Morgan fingerprint density at radius 3 is 2.45 bits per heavy atom. The van der Waals surface area contributed by atoms with Crippen LogP contribution < -0.4 is 21.1 Å². The number of unbranched alkanes of at least 4 members (excludes halogenated alkanes) is 7. The first-order valence-corrected chi connectivity index (χ1v) is 11.3. The predicted octanol–water partition coefficient (Wildman–Crippen LogP) is 3.83. The van der Waals surface area contributed by atoms with E-state index in [0.717, 1.165) is 56.6 Å². The maximum Gasteiger partial charge on any atom is 0.319 e. The van der Waals surface area contributed by atoms with E-state index in [2.05, 4.69) is 40.9 Å². The molecule has 8 nitrogen and oxygen atoms in total. The van der Waals surface area contributed by atoms with Crippen LogP contribution in [0.5, 0.6) is 5.88 Å². The number of nitrogens with one attached hydrogen (secondary N) is 2. The summed E-state index contributed by atoms with van der Waals surface area (Å²) in [5, 5.41) is 5.79. The SMILES string of the molecule is CCCCCCCOc1nsc(NC(=O)NCCCCCCN(C)C)c1C(N)=O. The second kappa shape index (κ2) is 15.0. The zero-order valence-corrected chi connectivity index (χ0v) is 18.9. The number of nitrogens with two attached hydrogens (primary N) is 1. The summed E-state index contributed by atoms with van der Waals surface area (Å²) in [4.78, 5) is 26.1. The Kier molecular flexibility index (Phi) is 13.0. The number of urea groups is 1. The van der Waals surface area contributed by atoms with Crippen LogP contribution in [0.1, 0.15) is 75.1 Å². The standard InChI is InChI=1S/C20H37N5O3S/c1-4-5-6-9-12-15-28-18-16(17(21)26)19(29-24-18)23-20(27)22-13-10-7-8-11-14-25(2)3/h4-15H2,1-3H3,(H2,21,26)(H2,22,23,27). The van der Waals surface area contributed by atoms with Gasteiger partial charge in [0.25, 0.3) is 5.91 Å². The maximum absolute atomic E-state index is 12.1. The largest absolute Gasteiger partial charge is 0.476 e. The molecule has 1 aromatic rings. The number of carbonyl (C=O) groups is 2. The monoisotopic (exact) mass is 427 g/mol. The number of anilines is 1. The molecule has 0 saturated heterocycles. The summed E-state index contributed by atoms with van der Waals surface area (Å²) < 4.78 is 9.76. The molecule has 1 aromatic heterocycles. The number of hydrogen-bond donors (Lipinski definition) is 3. The summed E-state index contributed by atoms with van der Waals surface area (Å²) in [5.74, 6) is -0.454. The fourth-order valence-electron chi connectivity index (χ4n) is 2.81. The Bertz CT molecular complexity index is 607. The fraction of sp³-hybridized carbons (Fsp3) is 0.750. The lowest BCUT2D eigenvalue weighted by Gasteiger charge is -2.09. The summed E-state index contributed by atoms with van der Waals surface area (Å²) in [6.07, 6.45) is 9.82. The smallest absolute Gasteiger partial charge is 0.319 e. The van der Waals surface area contributed by atoms with E-state index in [1.807, 2.05) is 0 Å². The van der Waals surface area contributed by atoms with Crippen LogP contribution in [0.15, 0.2) is 0 Å². The molecule has 0 bridgehead atoms. The van der Waals surface area contributed by atoms with E-state index >= 15 is 0 Å². The van der Waals surface area contributed by atoms with E-state index in [0.29, 0.717) is 18.2 Å². The van der Waals surface area contributed by atoms with Crippen molar-refractivity contribution >= 4 is 28.5 Å². The van der Waals surface area contributed by atoms with E-state index in [1.54, 1.807) is 0 Å². The second-order valence-corrected chi connectivity index (χ2v) is 8.19. The molecule has 0 aromatic carbocycles. The minimum absolute atomic E-state index is 0.141. The number of hydrogen-bond acceptors (Lipinski definition) is 6. The number of ether oxygens (including phenoxy) is 1. The van der Waals surface area contributed by atoms with Crippen molar-refractivity contribution in [2.45, 2.75) is 64.7 Å². The third-order valence-electron chi connectivity index (χ3n) is 4.44. The third-order valence-corrected chi connectivity index (χ3v) is 5.18. The highest BCUT2D eigenvalue weighted by Crippen LogP contribution is 2.30. The van der Waals surface area contributed by atoms with Crippen molar-refractivity contribution in [3.8, 4) is 5.88 Å². The van der Waals surface area contributed by atoms with Crippen LogP contribution in [0, 0.1) is 0 Å². The van der Waals surface area contributed by atoms with Gasteiger partial charge in [0.2, 0.25) is 5.88 Å². The summed E-state index contributed by atoms with van der Waals surface area (Å²) in [6, 6.07) is -0.365. The number of rotatable bonds is 16. The lowest BCUT2D eigenvalue weighted by atomic mass is 10.2. The van der Waals surface area contributed by atoms with Crippen LogP contribution in [0.2, 0.25) is 0 Å². The summed E-state index contributed by atoms with van der Waals surface area (Å²) in [7, 11) is 4.13. The van der Waals surface area contributed by atoms with E-state index in [9.17, 15) is 9.59 Å². The van der Waals surface area contributed by atoms with Gasteiger partial charge in [-0.25, -0.2) is 4.79 Å². The molecule has 0 radical (unpaired) electrons. The molecule has 0 saturated carbocycles. The third kappa shape index (κ3) is 11.0. The minimum atomic E-state index is -0.657. The van der Waals surface area contributed by atoms with Gasteiger partial charge in [-0.1, -0.05) is 45.4 Å². The molecule has 0 unspecified atom stereocenters. The number of primary amides is 1. The zero-order chi connectivity index (χ0) is 21.5.